The summed E-state index contributed by atoms with van der Waals surface area (Å²) in [6, 6.07) is 0. The molecule has 0 aromatic heterocycles. The largest absolute Gasteiger partial charge is 0.668 e. The summed E-state index contributed by atoms with van der Waals surface area (Å²) in [4.78, 5) is 29.3. The first-order chi connectivity index (χ1) is 2.00. The van der Waals surface area contributed by atoms with Crippen molar-refractivity contribution < 1.29 is 24.7 Å². The number of rotatable bonds is 0. The highest BCUT2D eigenvalue weighted by atomic mass is 28.4. The Morgan fingerprint density at radius 3 is 0.857 bits per heavy atom. The van der Waals surface area contributed by atoms with Crippen molar-refractivity contribution in [3.05, 3.63) is 0 Å². The highest BCUT2D eigenvalue weighted by Crippen LogP contribution is 1.67. The van der Waals surface area contributed by atoms with Gasteiger partial charge in [0.05, 0.1) is 0 Å². The molecule has 0 amide bonds. The Morgan fingerprint density at radius 1 is 0.857 bits per heavy atom. The lowest BCUT2D eigenvalue weighted by molar-refractivity contribution is 0.117. The summed E-state index contributed by atoms with van der Waals surface area (Å²) in [5.41, 5.74) is 0. The van der Waals surface area contributed by atoms with Gasteiger partial charge in [0.1, 0.15) is 0 Å². The molecule has 0 rings (SSSR count). The van der Waals surface area contributed by atoms with Crippen LogP contribution in [0.15, 0.2) is 0 Å². The fourth-order valence-corrected chi connectivity index (χ4v) is 0. The predicted molar refractivity (Wildman–Crippen MR) is 24.0 cm³/mol. The summed E-state index contributed by atoms with van der Waals surface area (Å²) >= 11 is 0. The number of hydrogen-bond donors (Lipinski definition) is 4. The van der Waals surface area contributed by atoms with Crippen molar-refractivity contribution in [3.63, 3.8) is 0 Å². The molecule has 3 radical (unpaired) electrons. The fourth-order valence-electron chi connectivity index (χ4n) is 0. The average Bonchev–Trinajstić information content (AvgIpc) is 0.722. The molecule has 6 N–H and O–H groups in total. The first-order valence-electron chi connectivity index (χ1n) is 0.894. The molecule has 0 atom stereocenters. The van der Waals surface area contributed by atoms with Gasteiger partial charge in [0.2, 0.25) is 0 Å². The van der Waals surface area contributed by atoms with Crippen molar-refractivity contribution in [2.45, 2.75) is 0 Å². The molecule has 7 heteroatoms. The van der Waals surface area contributed by atoms with Gasteiger partial charge >= 0.3 is 9.05 Å². The highest BCUT2D eigenvalue weighted by Gasteiger charge is 2.22. The summed E-state index contributed by atoms with van der Waals surface area (Å²) < 4.78 is 0. The van der Waals surface area contributed by atoms with E-state index in [0.29, 0.717) is 0 Å². The molecule has 0 saturated heterocycles. The molecule has 7 heavy (non-hydrogen) atoms. The second kappa shape index (κ2) is 4.25. The van der Waals surface area contributed by atoms with Crippen LogP contribution < -0.4 is 0 Å². The summed E-state index contributed by atoms with van der Waals surface area (Å²) in [6.45, 7) is 0. The van der Waals surface area contributed by atoms with E-state index in [-0.39, 0.29) is 13.9 Å². The molecule has 0 aromatic carbocycles. The molecule has 0 unspecified atom stereocenters. The topological polar surface area (TPSA) is 112 Å². The molecule has 0 bridgehead atoms. The molecule has 0 saturated carbocycles. The van der Waals surface area contributed by atoms with Gasteiger partial charge in [-0.15, -0.1) is 0 Å². The van der Waals surface area contributed by atoms with E-state index in [0.717, 1.165) is 0 Å². The molecule has 0 fully saturated rings. The lowest BCUT2D eigenvalue weighted by atomic mass is 10.8. The smallest absolute Gasteiger partial charge is 0.412 e. The Balaban J connectivity index is -0.0000000800. The van der Waals surface area contributed by atoms with Crippen LogP contribution in [0.3, 0.4) is 0 Å². The van der Waals surface area contributed by atoms with Crippen LogP contribution in [0.2, 0.25) is 0 Å². The second-order valence-electron chi connectivity index (χ2n) is 0.600. The predicted octanol–water partition coefficient (Wildman–Crippen LogP) is -3.81. The summed E-state index contributed by atoms with van der Waals surface area (Å²) in [5.74, 6) is 0. The number of hydrogen-bond acceptors (Lipinski definition) is 4. The molecule has 0 aromatic rings. The lowest BCUT2D eigenvalue weighted by Crippen LogP contribution is -2.33. The van der Waals surface area contributed by atoms with Crippen LogP contribution in [0.5, 0.6) is 0 Å². The standard InChI is InChI=1S/B.H4O4Si.H2O/c;1-5(2,3)4;/h;1-4H;1H2. The maximum Gasteiger partial charge on any atom is 0.668 e. The van der Waals surface area contributed by atoms with Crippen molar-refractivity contribution in [2.75, 3.05) is 0 Å². The van der Waals surface area contributed by atoms with Gasteiger partial charge in [0, 0.05) is 8.41 Å². The van der Waals surface area contributed by atoms with Gasteiger partial charge in [-0.1, -0.05) is 0 Å². The van der Waals surface area contributed by atoms with Crippen molar-refractivity contribution in [2.24, 2.45) is 0 Å². The molecule has 0 aliphatic carbocycles. The van der Waals surface area contributed by atoms with Crippen molar-refractivity contribution >= 4 is 17.5 Å². The van der Waals surface area contributed by atoms with Gasteiger partial charge in [-0.05, 0) is 0 Å². The molecule has 0 spiro atoms. The third-order valence-corrected chi connectivity index (χ3v) is 0. The minimum Gasteiger partial charge on any atom is -0.412 e. The zero-order valence-corrected chi connectivity index (χ0v) is 4.37. The van der Waals surface area contributed by atoms with Crippen LogP contribution in [-0.2, 0) is 0 Å². The summed E-state index contributed by atoms with van der Waals surface area (Å²) in [7, 11) is -4.61. The normalized spacial score (nSPS) is 8.57. The average molecular weight is 125 g/mol. The molecular formula is H6BO5Si. The van der Waals surface area contributed by atoms with Gasteiger partial charge in [0.25, 0.3) is 0 Å². The fraction of sp³-hybridized carbons (Fsp3) is 0. The van der Waals surface area contributed by atoms with E-state index >= 15 is 0 Å². The lowest BCUT2D eigenvalue weighted by Gasteiger charge is -1.91. The van der Waals surface area contributed by atoms with Crippen molar-refractivity contribution in [1.29, 1.82) is 0 Å². The molecular weight excluding hydrogens is 119 g/mol. The Morgan fingerprint density at radius 2 is 0.857 bits per heavy atom. The quantitative estimate of drug-likeness (QED) is 0.248. The second-order valence-corrected chi connectivity index (χ2v) is 1.80. The molecule has 0 aliphatic heterocycles. The summed E-state index contributed by atoms with van der Waals surface area (Å²) in [5, 5.41) is 0. The minimum absolute atomic E-state index is 0. The molecule has 0 aliphatic rings. The van der Waals surface area contributed by atoms with E-state index < -0.39 is 9.05 Å². The van der Waals surface area contributed by atoms with Crippen molar-refractivity contribution in [1.82, 2.24) is 0 Å². The van der Waals surface area contributed by atoms with E-state index in [2.05, 4.69) is 0 Å². The monoisotopic (exact) mass is 125 g/mol. The maximum atomic E-state index is 7.33. The highest BCUT2D eigenvalue weighted by molar-refractivity contribution is 6.46. The summed E-state index contributed by atoms with van der Waals surface area (Å²) in [6.07, 6.45) is 0. The Bertz CT molecular complexity index is 23.6. The maximum absolute atomic E-state index is 7.33. The van der Waals surface area contributed by atoms with Crippen LogP contribution in [0.1, 0.15) is 0 Å². The van der Waals surface area contributed by atoms with E-state index in [4.69, 9.17) is 19.2 Å². The Hall–Kier alpha value is 0.0818. The van der Waals surface area contributed by atoms with E-state index in [1.54, 1.807) is 0 Å². The Labute approximate surface area is 43.2 Å². The van der Waals surface area contributed by atoms with E-state index in [9.17, 15) is 0 Å². The third-order valence-electron chi connectivity index (χ3n) is 0. The van der Waals surface area contributed by atoms with Gasteiger partial charge in [-0.3, -0.25) is 0 Å². The van der Waals surface area contributed by atoms with Crippen LogP contribution in [-0.4, -0.2) is 42.1 Å². The van der Waals surface area contributed by atoms with Gasteiger partial charge in [-0.2, -0.15) is 0 Å². The van der Waals surface area contributed by atoms with E-state index in [1.807, 2.05) is 0 Å². The molecule has 5 nitrogen and oxygen atoms in total. The zero-order chi connectivity index (χ0) is 4.50. The van der Waals surface area contributed by atoms with Crippen LogP contribution in [0, 0.1) is 0 Å². The Kier molecular flexibility index (Phi) is 9.54. The van der Waals surface area contributed by atoms with E-state index in [1.165, 1.54) is 0 Å². The molecule has 0 heterocycles. The molecule has 43 valence electrons. The third kappa shape index (κ3) is 15100. The minimum atomic E-state index is -4.61. The van der Waals surface area contributed by atoms with Crippen molar-refractivity contribution in [3.8, 4) is 0 Å². The zero-order valence-electron chi connectivity index (χ0n) is 3.37. The first-order valence-corrected chi connectivity index (χ1v) is 2.68. The van der Waals surface area contributed by atoms with Gasteiger partial charge in [0.15, 0.2) is 0 Å². The van der Waals surface area contributed by atoms with Crippen LogP contribution in [0.4, 0.5) is 0 Å². The SMILES string of the molecule is O.O[Si](O)(O)O.[B]. The van der Waals surface area contributed by atoms with Gasteiger partial charge in [-0.25, -0.2) is 0 Å². The van der Waals surface area contributed by atoms with Crippen LogP contribution >= 0.6 is 0 Å². The van der Waals surface area contributed by atoms with Gasteiger partial charge < -0.3 is 24.7 Å². The first kappa shape index (κ1) is 15.7. The van der Waals surface area contributed by atoms with Crippen LogP contribution in [0.25, 0.3) is 0 Å².